The highest BCUT2D eigenvalue weighted by Gasteiger charge is 2.23. The van der Waals surface area contributed by atoms with Gasteiger partial charge >= 0.3 is 0 Å². The number of hydrogen-bond donors (Lipinski definition) is 2. The molecule has 0 aliphatic carbocycles. The van der Waals surface area contributed by atoms with E-state index in [0.717, 1.165) is 27.9 Å². The summed E-state index contributed by atoms with van der Waals surface area (Å²) >= 11 is 1.09. The summed E-state index contributed by atoms with van der Waals surface area (Å²) in [6.07, 6.45) is 1.86. The molecular weight excluding hydrogens is 338 g/mol. The molecule has 1 heterocycles. The molecule has 0 saturated carbocycles. The lowest BCUT2D eigenvalue weighted by Crippen LogP contribution is -2.19. The lowest BCUT2D eigenvalue weighted by atomic mass is 10.2. The van der Waals surface area contributed by atoms with Crippen LogP contribution in [0.3, 0.4) is 0 Å². The largest absolute Gasteiger partial charge is 0.484 e. The number of nitrogens with two attached hydrogens (primary N) is 1. The van der Waals surface area contributed by atoms with E-state index in [2.05, 4.69) is 10.3 Å². The van der Waals surface area contributed by atoms with Crippen molar-refractivity contribution in [1.82, 2.24) is 5.32 Å². The second kappa shape index (κ2) is 7.67. The van der Waals surface area contributed by atoms with E-state index in [-0.39, 0.29) is 11.8 Å². The highest BCUT2D eigenvalue weighted by Crippen LogP contribution is 2.28. The molecule has 0 spiro atoms. The number of amides is 2. The van der Waals surface area contributed by atoms with Crippen molar-refractivity contribution >= 4 is 40.5 Å². The van der Waals surface area contributed by atoms with E-state index in [1.165, 1.54) is 0 Å². The van der Waals surface area contributed by atoms with E-state index in [1.54, 1.807) is 12.1 Å². The molecule has 0 aromatic heterocycles. The standard InChI is InChI=1S/C18H15N3O3S/c19-16(22)11-24-14-8-6-12(7-9-14)10-15-17(21-18(23)25-15)20-13-4-2-1-3-5-13/h1-10H,11H2,(H2,19,22)(H,20,21,23). The fourth-order valence-electron chi connectivity index (χ4n) is 2.11. The van der Waals surface area contributed by atoms with Crippen LogP contribution in [-0.4, -0.2) is 23.6 Å². The minimum Gasteiger partial charge on any atom is -0.484 e. The molecule has 0 bridgehead atoms. The molecule has 0 unspecified atom stereocenters. The fourth-order valence-corrected chi connectivity index (χ4v) is 2.85. The number of para-hydroxylation sites is 1. The Morgan fingerprint density at radius 2 is 1.88 bits per heavy atom. The quantitative estimate of drug-likeness (QED) is 0.864. The molecule has 0 atom stereocenters. The Kier molecular flexibility index (Phi) is 5.15. The third-order valence-corrected chi connectivity index (χ3v) is 4.03. The molecule has 1 aliphatic rings. The number of amidine groups is 1. The summed E-state index contributed by atoms with van der Waals surface area (Å²) in [4.78, 5) is 27.6. The molecule has 2 aromatic rings. The maximum atomic E-state index is 11.7. The number of primary amides is 1. The Labute approximate surface area is 148 Å². The van der Waals surface area contributed by atoms with Gasteiger partial charge in [0.25, 0.3) is 11.1 Å². The van der Waals surface area contributed by atoms with Crippen molar-refractivity contribution < 1.29 is 14.3 Å². The summed E-state index contributed by atoms with van der Waals surface area (Å²) in [5, 5.41) is 2.58. The van der Waals surface area contributed by atoms with Crippen molar-refractivity contribution in [2.75, 3.05) is 6.61 Å². The number of carbonyl (C=O) groups is 2. The number of nitrogens with zero attached hydrogens (tertiary/aromatic N) is 1. The minimum absolute atomic E-state index is 0.164. The van der Waals surface area contributed by atoms with Crippen molar-refractivity contribution in [2.24, 2.45) is 10.7 Å². The lowest BCUT2D eigenvalue weighted by molar-refractivity contribution is -0.119. The number of benzene rings is 2. The maximum absolute atomic E-state index is 11.7. The highest BCUT2D eigenvalue weighted by molar-refractivity contribution is 8.18. The second-order valence-electron chi connectivity index (χ2n) is 5.14. The zero-order valence-electron chi connectivity index (χ0n) is 13.1. The predicted octanol–water partition coefficient (Wildman–Crippen LogP) is 3.08. The van der Waals surface area contributed by atoms with Crippen LogP contribution in [0.15, 0.2) is 64.5 Å². The fraction of sp³-hybridized carbons (Fsp3) is 0.0556. The van der Waals surface area contributed by atoms with E-state index < -0.39 is 5.91 Å². The van der Waals surface area contributed by atoms with E-state index in [0.29, 0.717) is 11.6 Å². The summed E-state index contributed by atoms with van der Waals surface area (Å²) in [6, 6.07) is 16.5. The minimum atomic E-state index is -0.528. The Balaban J connectivity index is 1.80. The van der Waals surface area contributed by atoms with Crippen molar-refractivity contribution in [3.05, 3.63) is 65.1 Å². The summed E-state index contributed by atoms with van der Waals surface area (Å²) in [5.74, 6) is 0.544. The molecule has 126 valence electrons. The molecule has 3 N–H and O–H groups in total. The Morgan fingerprint density at radius 3 is 2.56 bits per heavy atom. The number of rotatable bonds is 5. The summed E-state index contributed by atoms with van der Waals surface area (Å²) in [7, 11) is 0. The van der Waals surface area contributed by atoms with Crippen LogP contribution in [0, 0.1) is 0 Å². The molecule has 6 nitrogen and oxygen atoms in total. The van der Waals surface area contributed by atoms with Crippen molar-refractivity contribution in [3.63, 3.8) is 0 Å². The molecule has 1 aliphatic heterocycles. The number of ether oxygens (including phenoxy) is 1. The van der Waals surface area contributed by atoms with E-state index in [1.807, 2.05) is 48.5 Å². The Morgan fingerprint density at radius 1 is 1.16 bits per heavy atom. The van der Waals surface area contributed by atoms with Gasteiger partial charge in [-0.25, -0.2) is 4.99 Å². The highest BCUT2D eigenvalue weighted by atomic mass is 32.2. The van der Waals surface area contributed by atoms with Crippen LogP contribution >= 0.6 is 11.8 Å². The van der Waals surface area contributed by atoms with Crippen LogP contribution < -0.4 is 15.8 Å². The van der Waals surface area contributed by atoms with Crippen LogP contribution in [-0.2, 0) is 4.79 Å². The zero-order chi connectivity index (χ0) is 17.6. The van der Waals surface area contributed by atoms with Gasteiger partial charge in [0.2, 0.25) is 0 Å². The van der Waals surface area contributed by atoms with E-state index in [9.17, 15) is 9.59 Å². The van der Waals surface area contributed by atoms with Gasteiger partial charge in [-0.05, 0) is 47.7 Å². The average Bonchev–Trinajstić information content (AvgIpc) is 2.94. The SMILES string of the molecule is NC(=O)COc1ccc(C=C2SC(=O)NC2=Nc2ccccc2)cc1. The van der Waals surface area contributed by atoms with E-state index >= 15 is 0 Å². The normalized spacial score (nSPS) is 16.9. The van der Waals surface area contributed by atoms with Gasteiger partial charge in [-0.1, -0.05) is 30.3 Å². The molecule has 0 radical (unpaired) electrons. The number of nitrogens with one attached hydrogen (secondary N) is 1. The first-order chi connectivity index (χ1) is 12.1. The van der Waals surface area contributed by atoms with Gasteiger partial charge in [0.1, 0.15) is 11.6 Å². The van der Waals surface area contributed by atoms with Gasteiger partial charge in [0.05, 0.1) is 10.6 Å². The molecular formula is C18H15N3O3S. The van der Waals surface area contributed by atoms with Gasteiger partial charge in [0.15, 0.2) is 6.61 Å². The van der Waals surface area contributed by atoms with Gasteiger partial charge < -0.3 is 15.8 Å². The van der Waals surface area contributed by atoms with Crippen LogP contribution in [0.25, 0.3) is 6.08 Å². The summed E-state index contributed by atoms with van der Waals surface area (Å²) < 4.78 is 5.22. The average molecular weight is 353 g/mol. The predicted molar refractivity (Wildman–Crippen MR) is 98.8 cm³/mol. The monoisotopic (exact) mass is 353 g/mol. The zero-order valence-corrected chi connectivity index (χ0v) is 14.0. The molecule has 1 saturated heterocycles. The van der Waals surface area contributed by atoms with Gasteiger partial charge in [-0.3, -0.25) is 9.59 Å². The molecule has 7 heteroatoms. The molecule has 2 aromatic carbocycles. The molecule has 3 rings (SSSR count). The van der Waals surface area contributed by atoms with E-state index in [4.69, 9.17) is 10.5 Å². The summed E-state index contributed by atoms with van der Waals surface area (Å²) in [5.41, 5.74) is 6.69. The summed E-state index contributed by atoms with van der Waals surface area (Å²) in [6.45, 7) is -0.164. The number of aliphatic imine (C=N–C) groups is 1. The number of carbonyl (C=O) groups excluding carboxylic acids is 2. The maximum Gasteiger partial charge on any atom is 0.289 e. The van der Waals surface area contributed by atoms with Crippen molar-refractivity contribution in [1.29, 1.82) is 0 Å². The molecule has 25 heavy (non-hydrogen) atoms. The van der Waals surface area contributed by atoms with Crippen molar-refractivity contribution in [3.8, 4) is 5.75 Å². The van der Waals surface area contributed by atoms with Crippen LogP contribution in [0.2, 0.25) is 0 Å². The second-order valence-corrected chi connectivity index (χ2v) is 6.16. The smallest absolute Gasteiger partial charge is 0.289 e. The van der Waals surface area contributed by atoms with Gasteiger partial charge in [-0.15, -0.1) is 0 Å². The molecule has 2 amide bonds. The molecule has 1 fully saturated rings. The third kappa shape index (κ3) is 4.71. The lowest BCUT2D eigenvalue weighted by Gasteiger charge is -2.04. The Hall–Kier alpha value is -3.06. The van der Waals surface area contributed by atoms with Crippen molar-refractivity contribution in [2.45, 2.75) is 0 Å². The number of hydrogen-bond acceptors (Lipinski definition) is 5. The van der Waals surface area contributed by atoms with Gasteiger partial charge in [-0.2, -0.15) is 0 Å². The van der Waals surface area contributed by atoms with Crippen LogP contribution in [0.5, 0.6) is 5.75 Å². The third-order valence-electron chi connectivity index (χ3n) is 3.21. The Bertz CT molecular complexity index is 846. The first-order valence-corrected chi connectivity index (χ1v) is 8.27. The van der Waals surface area contributed by atoms with Gasteiger partial charge in [0, 0.05) is 0 Å². The first kappa shape index (κ1) is 16.8. The number of thioether (sulfide) groups is 1. The van der Waals surface area contributed by atoms with Crippen LogP contribution in [0.1, 0.15) is 5.56 Å². The van der Waals surface area contributed by atoms with Crippen LogP contribution in [0.4, 0.5) is 10.5 Å². The first-order valence-electron chi connectivity index (χ1n) is 7.46. The topological polar surface area (TPSA) is 93.8 Å².